The number of halogens is 1. The topological polar surface area (TPSA) is 49.4 Å². The molecule has 1 heterocycles. The van der Waals surface area contributed by atoms with Crippen molar-refractivity contribution in [1.29, 1.82) is 0 Å². The molecule has 0 radical (unpaired) electrons. The van der Waals surface area contributed by atoms with Gasteiger partial charge in [0.1, 0.15) is 0 Å². The maximum atomic E-state index is 12.4. The summed E-state index contributed by atoms with van der Waals surface area (Å²) in [4.78, 5) is 2.53. The lowest BCUT2D eigenvalue weighted by atomic mass is 9.90. The van der Waals surface area contributed by atoms with E-state index in [1.165, 1.54) is 0 Å². The highest BCUT2D eigenvalue weighted by Gasteiger charge is 2.33. The van der Waals surface area contributed by atoms with Gasteiger partial charge in [0.05, 0.1) is 4.90 Å². The molecule has 0 bridgehead atoms. The standard InChI is InChI=1S/C14H21ClN2O2S/c1-11-8-12(15)4-5-13(11)20(18,19)16-9-14(2)6-7-17(3)10-14/h4-5,8,16H,6-7,9-10H2,1-3H3/t14-/m0/s1. The third kappa shape index (κ3) is 3.52. The normalized spacial score (nSPS) is 24.2. The first-order chi connectivity index (χ1) is 9.22. The lowest BCUT2D eigenvalue weighted by Crippen LogP contribution is -2.37. The molecular weight excluding hydrogens is 296 g/mol. The Morgan fingerprint density at radius 3 is 2.70 bits per heavy atom. The number of rotatable bonds is 4. The Balaban J connectivity index is 2.12. The number of nitrogens with zero attached hydrogens (tertiary/aromatic N) is 1. The summed E-state index contributed by atoms with van der Waals surface area (Å²) in [5.41, 5.74) is 0.668. The molecule has 1 atom stereocenters. The van der Waals surface area contributed by atoms with Crippen LogP contribution in [0.4, 0.5) is 0 Å². The molecule has 1 aromatic carbocycles. The van der Waals surface area contributed by atoms with Crippen molar-refractivity contribution in [1.82, 2.24) is 9.62 Å². The second kappa shape index (κ2) is 5.64. The zero-order valence-electron chi connectivity index (χ0n) is 12.1. The van der Waals surface area contributed by atoms with Crippen LogP contribution in [0.1, 0.15) is 18.9 Å². The van der Waals surface area contributed by atoms with Crippen molar-refractivity contribution in [2.75, 3.05) is 26.7 Å². The van der Waals surface area contributed by atoms with E-state index in [9.17, 15) is 8.42 Å². The SMILES string of the molecule is Cc1cc(Cl)ccc1S(=O)(=O)NC[C@]1(C)CCN(C)C1. The molecule has 0 unspecified atom stereocenters. The van der Waals surface area contributed by atoms with Crippen molar-refractivity contribution in [3.63, 3.8) is 0 Å². The summed E-state index contributed by atoms with van der Waals surface area (Å²) in [5.74, 6) is 0. The molecule has 4 nitrogen and oxygen atoms in total. The number of likely N-dealkylation sites (tertiary alicyclic amines) is 1. The molecule has 6 heteroatoms. The van der Waals surface area contributed by atoms with Gasteiger partial charge in [0.15, 0.2) is 0 Å². The third-order valence-corrected chi connectivity index (χ3v) is 5.66. The van der Waals surface area contributed by atoms with Crippen molar-refractivity contribution in [2.45, 2.75) is 25.2 Å². The summed E-state index contributed by atoms with van der Waals surface area (Å²) in [6.45, 7) is 6.26. The lowest BCUT2D eigenvalue weighted by Gasteiger charge is -2.24. The zero-order valence-corrected chi connectivity index (χ0v) is 13.7. The molecule has 1 aliphatic heterocycles. The maximum Gasteiger partial charge on any atom is 0.240 e. The monoisotopic (exact) mass is 316 g/mol. The summed E-state index contributed by atoms with van der Waals surface area (Å²) >= 11 is 5.87. The highest BCUT2D eigenvalue weighted by atomic mass is 35.5. The average molecular weight is 317 g/mol. The fourth-order valence-corrected chi connectivity index (χ4v) is 4.33. The Morgan fingerprint density at radius 1 is 1.45 bits per heavy atom. The van der Waals surface area contributed by atoms with Crippen LogP contribution in [0, 0.1) is 12.3 Å². The molecule has 1 aromatic rings. The van der Waals surface area contributed by atoms with E-state index in [-0.39, 0.29) is 5.41 Å². The van der Waals surface area contributed by atoms with Gasteiger partial charge < -0.3 is 4.90 Å². The number of nitrogens with one attached hydrogen (secondary N) is 1. The summed E-state index contributed by atoms with van der Waals surface area (Å²) in [6, 6.07) is 4.83. The van der Waals surface area contributed by atoms with Crippen LogP contribution in [0.5, 0.6) is 0 Å². The quantitative estimate of drug-likeness (QED) is 0.927. The Kier molecular flexibility index (Phi) is 4.44. The van der Waals surface area contributed by atoms with Gasteiger partial charge in [-0.1, -0.05) is 18.5 Å². The van der Waals surface area contributed by atoms with Crippen LogP contribution in [0.25, 0.3) is 0 Å². The van der Waals surface area contributed by atoms with E-state index in [1.54, 1.807) is 25.1 Å². The number of hydrogen-bond acceptors (Lipinski definition) is 3. The minimum atomic E-state index is -3.48. The van der Waals surface area contributed by atoms with Crippen molar-refractivity contribution >= 4 is 21.6 Å². The van der Waals surface area contributed by atoms with Gasteiger partial charge in [0.25, 0.3) is 0 Å². The summed E-state index contributed by atoms with van der Waals surface area (Å²) in [5, 5.41) is 0.547. The number of sulfonamides is 1. The van der Waals surface area contributed by atoms with Crippen molar-refractivity contribution in [3.05, 3.63) is 28.8 Å². The van der Waals surface area contributed by atoms with Gasteiger partial charge in [-0.25, -0.2) is 13.1 Å². The molecule has 1 fully saturated rings. The van der Waals surface area contributed by atoms with Crippen LogP contribution in [0.15, 0.2) is 23.1 Å². The summed E-state index contributed by atoms with van der Waals surface area (Å²) in [6.07, 6.45) is 1.01. The Bertz CT molecular complexity index is 603. The molecule has 0 aromatic heterocycles. The predicted molar refractivity (Wildman–Crippen MR) is 81.6 cm³/mol. The Morgan fingerprint density at radius 2 is 2.15 bits per heavy atom. The van der Waals surface area contributed by atoms with Crippen LogP contribution in [0.2, 0.25) is 5.02 Å². The van der Waals surface area contributed by atoms with Gasteiger partial charge in [-0.3, -0.25) is 0 Å². The minimum Gasteiger partial charge on any atom is -0.306 e. The van der Waals surface area contributed by atoms with E-state index in [4.69, 9.17) is 11.6 Å². The van der Waals surface area contributed by atoms with Crippen molar-refractivity contribution < 1.29 is 8.42 Å². The molecule has 112 valence electrons. The van der Waals surface area contributed by atoms with E-state index in [0.29, 0.717) is 22.0 Å². The van der Waals surface area contributed by atoms with E-state index < -0.39 is 10.0 Å². The van der Waals surface area contributed by atoms with Gasteiger partial charge in [0.2, 0.25) is 10.0 Å². The molecule has 20 heavy (non-hydrogen) atoms. The molecule has 2 rings (SSSR count). The van der Waals surface area contributed by atoms with Crippen molar-refractivity contribution in [3.8, 4) is 0 Å². The van der Waals surface area contributed by atoms with E-state index in [0.717, 1.165) is 19.5 Å². The van der Waals surface area contributed by atoms with Crippen molar-refractivity contribution in [2.24, 2.45) is 5.41 Å². The Labute approximate surface area is 126 Å². The van der Waals surface area contributed by atoms with Crippen LogP contribution < -0.4 is 4.72 Å². The fraction of sp³-hybridized carbons (Fsp3) is 0.571. The van der Waals surface area contributed by atoms with E-state index in [2.05, 4.69) is 23.6 Å². The van der Waals surface area contributed by atoms with Gasteiger partial charge in [0, 0.05) is 18.1 Å². The number of benzene rings is 1. The first kappa shape index (κ1) is 15.8. The largest absolute Gasteiger partial charge is 0.306 e. The van der Waals surface area contributed by atoms with Gasteiger partial charge >= 0.3 is 0 Å². The fourth-order valence-electron chi connectivity index (χ4n) is 2.68. The summed E-state index contributed by atoms with van der Waals surface area (Å²) in [7, 11) is -1.42. The third-order valence-electron chi connectivity index (χ3n) is 3.86. The first-order valence-corrected chi connectivity index (χ1v) is 8.52. The van der Waals surface area contributed by atoms with Gasteiger partial charge in [-0.05, 0) is 56.1 Å². The Hall–Kier alpha value is -0.620. The van der Waals surface area contributed by atoms with Gasteiger partial charge in [-0.15, -0.1) is 0 Å². The number of aryl methyl sites for hydroxylation is 1. The maximum absolute atomic E-state index is 12.4. The average Bonchev–Trinajstić information content (AvgIpc) is 2.67. The molecule has 0 saturated carbocycles. The molecule has 1 saturated heterocycles. The second-order valence-corrected chi connectivity index (χ2v) is 8.20. The van der Waals surface area contributed by atoms with E-state index >= 15 is 0 Å². The summed E-state index contributed by atoms with van der Waals surface area (Å²) < 4.78 is 27.5. The van der Waals surface area contributed by atoms with Crippen LogP contribution in [0.3, 0.4) is 0 Å². The lowest BCUT2D eigenvalue weighted by molar-refractivity contribution is 0.310. The second-order valence-electron chi connectivity index (χ2n) is 6.03. The molecule has 0 amide bonds. The molecule has 1 aliphatic rings. The van der Waals surface area contributed by atoms with Crippen LogP contribution in [-0.2, 0) is 10.0 Å². The number of hydrogen-bond donors (Lipinski definition) is 1. The minimum absolute atomic E-state index is 0.00213. The highest BCUT2D eigenvalue weighted by Crippen LogP contribution is 2.29. The zero-order chi connectivity index (χ0) is 15.0. The molecule has 1 N–H and O–H groups in total. The smallest absolute Gasteiger partial charge is 0.240 e. The highest BCUT2D eigenvalue weighted by molar-refractivity contribution is 7.89. The van der Waals surface area contributed by atoms with Crippen LogP contribution >= 0.6 is 11.6 Å². The van der Waals surface area contributed by atoms with Gasteiger partial charge in [-0.2, -0.15) is 0 Å². The van der Waals surface area contributed by atoms with Crippen LogP contribution in [-0.4, -0.2) is 40.0 Å². The first-order valence-electron chi connectivity index (χ1n) is 6.66. The molecular formula is C14H21ClN2O2S. The molecule has 0 spiro atoms. The van der Waals surface area contributed by atoms with E-state index in [1.807, 2.05) is 0 Å². The molecule has 0 aliphatic carbocycles. The predicted octanol–water partition coefficient (Wildman–Crippen LogP) is 2.27.